The summed E-state index contributed by atoms with van der Waals surface area (Å²) in [6.45, 7) is 0. The van der Waals surface area contributed by atoms with Crippen molar-refractivity contribution in [2.24, 2.45) is 35.5 Å². The second-order valence-electron chi connectivity index (χ2n) is 7.95. The van der Waals surface area contributed by atoms with E-state index < -0.39 is 50.8 Å². The molecule has 0 aliphatic heterocycles. The average Bonchev–Trinajstić information content (AvgIpc) is 2.75. The van der Waals surface area contributed by atoms with Crippen molar-refractivity contribution in [2.45, 2.75) is 17.4 Å². The highest BCUT2D eigenvalue weighted by molar-refractivity contribution is 7.86. The number of carbonyl (C=O) groups is 2. The topological polar surface area (TPSA) is 139 Å². The molecular formula is C20H21NO9S. The number of nitrogens with zero attached hydrogens (tertiary/aromatic N) is 1. The highest BCUT2D eigenvalue weighted by Crippen LogP contribution is 2.61. The third-order valence-electron chi connectivity index (χ3n) is 6.67. The van der Waals surface area contributed by atoms with Gasteiger partial charge in [-0.15, -0.1) is 0 Å². The van der Waals surface area contributed by atoms with Gasteiger partial charge in [0.25, 0.3) is 15.8 Å². The van der Waals surface area contributed by atoms with Crippen molar-refractivity contribution in [1.82, 2.24) is 0 Å². The number of fused-ring (bicyclic) bond motifs is 1. The predicted molar refractivity (Wildman–Crippen MR) is 104 cm³/mol. The van der Waals surface area contributed by atoms with E-state index in [1.165, 1.54) is 14.2 Å². The molecule has 7 atom stereocenters. The largest absolute Gasteiger partial charge is 0.469 e. The molecule has 0 heterocycles. The van der Waals surface area contributed by atoms with Gasteiger partial charge >= 0.3 is 11.9 Å². The fourth-order valence-electron chi connectivity index (χ4n) is 5.30. The molecule has 0 amide bonds. The summed E-state index contributed by atoms with van der Waals surface area (Å²) in [6, 6.07) is 4.45. The Morgan fingerprint density at radius 1 is 1.00 bits per heavy atom. The van der Waals surface area contributed by atoms with Crippen molar-refractivity contribution in [3.05, 3.63) is 46.5 Å². The van der Waals surface area contributed by atoms with Gasteiger partial charge in [0.05, 0.1) is 42.0 Å². The molecule has 10 nitrogen and oxygen atoms in total. The highest BCUT2D eigenvalue weighted by Gasteiger charge is 2.64. The summed E-state index contributed by atoms with van der Waals surface area (Å²) >= 11 is 0. The van der Waals surface area contributed by atoms with Crippen LogP contribution in [-0.4, -0.2) is 45.6 Å². The number of esters is 2. The summed E-state index contributed by atoms with van der Waals surface area (Å²) in [4.78, 5) is 34.9. The molecule has 2 saturated carbocycles. The first-order valence-electron chi connectivity index (χ1n) is 9.71. The van der Waals surface area contributed by atoms with Crippen molar-refractivity contribution in [1.29, 1.82) is 0 Å². The van der Waals surface area contributed by atoms with Gasteiger partial charge in [-0.05, 0) is 42.2 Å². The van der Waals surface area contributed by atoms with E-state index in [0.717, 1.165) is 24.3 Å². The lowest BCUT2D eigenvalue weighted by molar-refractivity contribution is -0.384. The summed E-state index contributed by atoms with van der Waals surface area (Å²) in [7, 11) is -1.65. The number of allylic oxidation sites excluding steroid dienone is 2. The summed E-state index contributed by atoms with van der Waals surface area (Å²) in [5, 5.41) is 10.8. The minimum absolute atomic E-state index is 0.0166. The molecule has 1 aromatic rings. The van der Waals surface area contributed by atoms with Gasteiger partial charge < -0.3 is 9.47 Å². The Labute approximate surface area is 178 Å². The number of hydrogen-bond donors (Lipinski definition) is 0. The van der Waals surface area contributed by atoms with Crippen LogP contribution in [0.2, 0.25) is 0 Å². The number of nitro benzene ring substituents is 1. The SMILES string of the molecule is COC(=O)[C@@H]1[C@H]2C=C[C@@H]([C@@H]1C(=O)OC)[C@H]1[C@H]2C[C@@H]1OS(=O)(=O)c1ccc([N+](=O)[O-])cc1. The zero-order valence-corrected chi connectivity index (χ0v) is 17.6. The lowest BCUT2D eigenvalue weighted by Gasteiger charge is -2.59. The van der Waals surface area contributed by atoms with Crippen molar-refractivity contribution >= 4 is 27.7 Å². The summed E-state index contributed by atoms with van der Waals surface area (Å²) in [5.41, 5.74) is -0.229. The second kappa shape index (κ2) is 7.72. The van der Waals surface area contributed by atoms with Gasteiger partial charge in [0, 0.05) is 12.1 Å². The monoisotopic (exact) mass is 451 g/mol. The Hall–Kier alpha value is -2.79. The van der Waals surface area contributed by atoms with E-state index in [1.54, 1.807) is 0 Å². The molecule has 0 unspecified atom stereocenters. The van der Waals surface area contributed by atoms with Gasteiger partial charge in [0.2, 0.25) is 0 Å². The van der Waals surface area contributed by atoms with Crippen LogP contribution < -0.4 is 0 Å². The molecule has 11 heteroatoms. The van der Waals surface area contributed by atoms with Crippen LogP contribution in [0.25, 0.3) is 0 Å². The van der Waals surface area contributed by atoms with Crippen LogP contribution in [0.4, 0.5) is 5.69 Å². The van der Waals surface area contributed by atoms with Gasteiger partial charge in [0.1, 0.15) is 0 Å². The Morgan fingerprint density at radius 3 is 2.10 bits per heavy atom. The number of rotatable bonds is 6. The first-order valence-corrected chi connectivity index (χ1v) is 11.1. The molecule has 2 fully saturated rings. The molecule has 2 bridgehead atoms. The van der Waals surface area contributed by atoms with Crippen LogP contribution >= 0.6 is 0 Å². The summed E-state index contributed by atoms with van der Waals surface area (Å²) in [6.07, 6.45) is 3.46. The van der Waals surface area contributed by atoms with E-state index in [2.05, 4.69) is 0 Å². The van der Waals surface area contributed by atoms with Gasteiger partial charge in [-0.3, -0.25) is 23.9 Å². The highest BCUT2D eigenvalue weighted by atomic mass is 32.2. The molecule has 0 spiro atoms. The second-order valence-corrected chi connectivity index (χ2v) is 9.53. The van der Waals surface area contributed by atoms with Gasteiger partial charge in [-0.25, -0.2) is 0 Å². The zero-order chi connectivity index (χ0) is 22.5. The van der Waals surface area contributed by atoms with Gasteiger partial charge in [-0.2, -0.15) is 8.42 Å². The molecule has 1 aromatic carbocycles. The third-order valence-corrected chi connectivity index (χ3v) is 8.02. The predicted octanol–water partition coefficient (Wildman–Crippen LogP) is 1.70. The molecule has 0 N–H and O–H groups in total. The van der Waals surface area contributed by atoms with Crippen molar-refractivity contribution in [2.75, 3.05) is 14.2 Å². The van der Waals surface area contributed by atoms with Crippen LogP contribution in [0, 0.1) is 45.6 Å². The number of hydrogen-bond acceptors (Lipinski definition) is 9. The van der Waals surface area contributed by atoms with Gasteiger partial charge in [0.15, 0.2) is 0 Å². The van der Waals surface area contributed by atoms with Crippen molar-refractivity contribution in [3.8, 4) is 0 Å². The molecule has 31 heavy (non-hydrogen) atoms. The lowest BCUT2D eigenvalue weighted by Crippen LogP contribution is -2.63. The van der Waals surface area contributed by atoms with E-state index >= 15 is 0 Å². The minimum atomic E-state index is -4.16. The number of nitro groups is 1. The average molecular weight is 451 g/mol. The smallest absolute Gasteiger partial charge is 0.310 e. The standard InChI is InChI=1S/C20H21NO9S/c1-28-19(22)17-12-7-8-13(18(17)20(23)29-2)16-14(12)9-15(16)30-31(26,27)11-5-3-10(4-6-11)21(24)25/h3-8,12-18H,9H2,1-2H3/t12-,13+,14-,15-,16-,17+,18-/m0/s1. The Kier molecular flexibility index (Phi) is 5.34. The van der Waals surface area contributed by atoms with E-state index in [9.17, 15) is 28.1 Å². The van der Waals surface area contributed by atoms with Crippen LogP contribution in [0.15, 0.2) is 41.3 Å². The molecule has 0 saturated heterocycles. The number of non-ortho nitro benzene ring substituents is 1. The lowest BCUT2D eigenvalue weighted by atomic mass is 9.45. The molecule has 166 valence electrons. The molecule has 0 radical (unpaired) electrons. The first-order chi connectivity index (χ1) is 14.7. The van der Waals surface area contributed by atoms with Crippen LogP contribution in [0.5, 0.6) is 0 Å². The summed E-state index contributed by atoms with van der Waals surface area (Å²) < 4.78 is 40.7. The maximum absolute atomic E-state index is 12.7. The Morgan fingerprint density at radius 2 is 1.55 bits per heavy atom. The first kappa shape index (κ1) is 21.4. The number of carbonyl (C=O) groups excluding carboxylic acids is 2. The molecule has 4 aliphatic carbocycles. The van der Waals surface area contributed by atoms with Crippen LogP contribution in [0.3, 0.4) is 0 Å². The molecular weight excluding hydrogens is 430 g/mol. The van der Waals surface area contributed by atoms with E-state index in [-0.39, 0.29) is 28.3 Å². The third kappa shape index (κ3) is 3.41. The van der Waals surface area contributed by atoms with Crippen LogP contribution in [0.1, 0.15) is 6.42 Å². The van der Waals surface area contributed by atoms with E-state index in [4.69, 9.17) is 13.7 Å². The van der Waals surface area contributed by atoms with Gasteiger partial charge in [-0.1, -0.05) is 12.2 Å². The number of ether oxygens (including phenoxy) is 2. The van der Waals surface area contributed by atoms with E-state index in [1.807, 2.05) is 12.2 Å². The normalized spacial score (nSPS) is 33.2. The van der Waals surface area contributed by atoms with E-state index in [0.29, 0.717) is 6.42 Å². The van der Waals surface area contributed by atoms with Crippen molar-refractivity contribution in [3.63, 3.8) is 0 Å². The maximum atomic E-state index is 12.7. The maximum Gasteiger partial charge on any atom is 0.310 e. The Bertz CT molecular complexity index is 1050. The Balaban J connectivity index is 1.57. The minimum Gasteiger partial charge on any atom is -0.469 e. The summed E-state index contributed by atoms with van der Waals surface area (Å²) in [5.74, 6) is -3.47. The zero-order valence-electron chi connectivity index (χ0n) is 16.7. The fraction of sp³-hybridized carbons (Fsp3) is 0.500. The molecule has 5 rings (SSSR count). The quantitative estimate of drug-likeness (QED) is 0.208. The van der Waals surface area contributed by atoms with Crippen LogP contribution in [-0.2, 0) is 33.4 Å². The molecule has 4 aliphatic rings. The fourth-order valence-corrected chi connectivity index (χ4v) is 6.41. The number of benzene rings is 1. The van der Waals surface area contributed by atoms with Crippen molar-refractivity contribution < 1.29 is 36.6 Å². The molecule has 0 aromatic heterocycles. The number of methoxy groups -OCH3 is 2.